The second-order valence-corrected chi connectivity index (χ2v) is 8.15. The van der Waals surface area contributed by atoms with Crippen molar-refractivity contribution in [2.45, 2.75) is 85.7 Å². The van der Waals surface area contributed by atoms with Gasteiger partial charge in [0.15, 0.2) is 12.6 Å². The van der Waals surface area contributed by atoms with Crippen LogP contribution in [0.3, 0.4) is 0 Å². The largest absolute Gasteiger partial charge is 0.394 e. The fraction of sp³-hybridized carbons (Fsp3) is 0.944. The Labute approximate surface area is 193 Å². The van der Waals surface area contributed by atoms with E-state index in [1.165, 1.54) is 0 Å². The van der Waals surface area contributed by atoms with Crippen LogP contribution in [0.5, 0.6) is 0 Å². The van der Waals surface area contributed by atoms with E-state index in [0.29, 0.717) is 0 Å². The lowest BCUT2D eigenvalue weighted by Crippen LogP contribution is -2.66. The normalized spacial score (nSPS) is 42.6. The van der Waals surface area contributed by atoms with E-state index in [4.69, 9.17) is 30.4 Å². The summed E-state index contributed by atoms with van der Waals surface area (Å²) >= 11 is 0. The predicted octanol–water partition coefficient (Wildman–Crippen LogP) is -7.80. The quantitative estimate of drug-likeness (QED) is 0.117. The fourth-order valence-corrected chi connectivity index (χ4v) is 3.67. The van der Waals surface area contributed by atoms with E-state index in [1.54, 1.807) is 0 Å². The van der Waals surface area contributed by atoms with Crippen LogP contribution in [-0.2, 0) is 23.7 Å². The number of carbonyl (C=O) groups is 1. The van der Waals surface area contributed by atoms with Gasteiger partial charge in [-0.15, -0.1) is 0 Å². The van der Waals surface area contributed by atoms with Crippen molar-refractivity contribution in [2.75, 3.05) is 19.8 Å². The lowest BCUT2D eigenvalue weighted by Gasteiger charge is -2.45. The van der Waals surface area contributed by atoms with E-state index in [1.807, 2.05) is 0 Å². The minimum Gasteiger partial charge on any atom is -0.394 e. The van der Waals surface area contributed by atoms with Crippen molar-refractivity contribution in [3.63, 3.8) is 0 Å². The molecule has 0 amide bonds. The molecule has 0 bridgehead atoms. The van der Waals surface area contributed by atoms with Crippen LogP contribution >= 0.6 is 0 Å². The Bertz CT molecular complexity index is 629. The van der Waals surface area contributed by atoms with Crippen LogP contribution < -0.4 is 11.5 Å². The minimum atomic E-state index is -1.90. The number of carbonyl (C=O) groups excluding carboxylic acids is 1. The summed E-state index contributed by atoms with van der Waals surface area (Å²) in [5.41, 5.74) is 11.6. The number of hydrogen-bond donors (Lipinski definition) is 11. The van der Waals surface area contributed by atoms with E-state index in [2.05, 4.69) is 0 Å². The number of ether oxygens (including phenoxy) is 4. The summed E-state index contributed by atoms with van der Waals surface area (Å²) < 4.78 is 21.6. The maximum Gasteiger partial charge on any atom is 0.187 e. The maximum atomic E-state index is 11.5. The molecule has 0 aromatic heterocycles. The summed E-state index contributed by atoms with van der Waals surface area (Å²) in [5, 5.41) is 88.7. The summed E-state index contributed by atoms with van der Waals surface area (Å²) in [6, 6.07) is -3.00. The topological polar surface area (TPSA) is 288 Å². The zero-order valence-corrected chi connectivity index (χ0v) is 18.0. The molecule has 2 rings (SSSR count). The van der Waals surface area contributed by atoms with Gasteiger partial charge in [-0.2, -0.15) is 0 Å². The van der Waals surface area contributed by atoms with Crippen LogP contribution in [0.25, 0.3) is 0 Å². The molecular formula is C18H34N2O14. The summed E-state index contributed by atoms with van der Waals surface area (Å²) in [6.45, 7) is -2.48. The summed E-state index contributed by atoms with van der Waals surface area (Å²) in [4.78, 5) is 11.5. The van der Waals surface area contributed by atoms with Gasteiger partial charge in [0, 0.05) is 0 Å². The van der Waals surface area contributed by atoms with Crippen LogP contribution in [0.15, 0.2) is 0 Å². The first-order chi connectivity index (χ1) is 16.0. The third-order valence-electron chi connectivity index (χ3n) is 5.79. The van der Waals surface area contributed by atoms with Gasteiger partial charge in [0.1, 0.15) is 67.3 Å². The lowest BCUT2D eigenvalue weighted by molar-refractivity contribution is -0.339. The predicted molar refractivity (Wildman–Crippen MR) is 106 cm³/mol. The van der Waals surface area contributed by atoms with Crippen LogP contribution in [-0.4, -0.2) is 158 Å². The van der Waals surface area contributed by atoms with Crippen molar-refractivity contribution in [1.82, 2.24) is 0 Å². The van der Waals surface area contributed by atoms with Gasteiger partial charge in [0.2, 0.25) is 0 Å². The molecule has 0 radical (unpaired) electrons. The minimum absolute atomic E-state index is 0.196. The van der Waals surface area contributed by atoms with Crippen molar-refractivity contribution < 1.29 is 69.7 Å². The highest BCUT2D eigenvalue weighted by Gasteiger charge is 2.49. The highest BCUT2D eigenvalue weighted by atomic mass is 16.7. The SMILES string of the molecule is N[C@H]1[C@H](O[C@@H]([C@H](O[C@H]2O[C@H](CO)[C@H](O)[C@H](O)[C@H]2O)[C@H](O)CO)[C@H](N)C=O)O[C@H](CO)[C@@H](O)[C@@H]1O. The maximum absolute atomic E-state index is 11.5. The molecule has 0 aliphatic carbocycles. The van der Waals surface area contributed by atoms with Crippen LogP contribution in [0.1, 0.15) is 0 Å². The number of aliphatic hydroxyl groups excluding tert-OH is 9. The molecule has 2 fully saturated rings. The Morgan fingerprint density at radius 1 is 0.794 bits per heavy atom. The Balaban J connectivity index is 2.31. The highest BCUT2D eigenvalue weighted by Crippen LogP contribution is 2.28. The molecule has 14 atom stereocenters. The average Bonchev–Trinajstić information content (AvgIpc) is 2.84. The number of hydrogen-bond acceptors (Lipinski definition) is 16. The molecule has 2 aliphatic rings. The molecule has 0 saturated carbocycles. The molecule has 16 nitrogen and oxygen atoms in total. The van der Waals surface area contributed by atoms with Crippen LogP contribution in [0.2, 0.25) is 0 Å². The van der Waals surface area contributed by atoms with Gasteiger partial charge in [-0.1, -0.05) is 0 Å². The first-order valence-electron chi connectivity index (χ1n) is 10.5. The average molecular weight is 502 g/mol. The van der Waals surface area contributed by atoms with Gasteiger partial charge >= 0.3 is 0 Å². The molecule has 13 N–H and O–H groups in total. The number of aldehydes is 1. The molecule has 0 unspecified atom stereocenters. The van der Waals surface area contributed by atoms with Crippen molar-refractivity contribution in [3.8, 4) is 0 Å². The molecule has 34 heavy (non-hydrogen) atoms. The lowest BCUT2D eigenvalue weighted by atomic mass is 9.96. The third-order valence-corrected chi connectivity index (χ3v) is 5.79. The van der Waals surface area contributed by atoms with Gasteiger partial charge in [0.05, 0.1) is 31.9 Å². The second-order valence-electron chi connectivity index (χ2n) is 8.15. The van der Waals surface area contributed by atoms with Gasteiger partial charge in [0.25, 0.3) is 0 Å². The molecule has 2 aliphatic heterocycles. The van der Waals surface area contributed by atoms with Crippen LogP contribution in [0.4, 0.5) is 0 Å². The molecule has 0 spiro atoms. The molecule has 2 heterocycles. The van der Waals surface area contributed by atoms with Gasteiger partial charge in [-0.05, 0) is 0 Å². The van der Waals surface area contributed by atoms with Gasteiger partial charge in [-0.25, -0.2) is 0 Å². The number of rotatable bonds is 11. The van der Waals surface area contributed by atoms with Gasteiger partial charge in [-0.3, -0.25) is 0 Å². The second kappa shape index (κ2) is 12.9. The Morgan fingerprint density at radius 3 is 1.79 bits per heavy atom. The molecule has 2 saturated heterocycles. The van der Waals surface area contributed by atoms with E-state index < -0.39 is 106 Å². The summed E-state index contributed by atoms with van der Waals surface area (Å²) in [5.74, 6) is 0. The standard InChI is InChI=1S/C18H34N2O14/c19-5(1-21)15(33-17-9(20)12(28)10(26)7(3-23)31-17)16(6(25)2-22)34-18-14(30)13(29)11(27)8(4-24)32-18/h1,5-18,22-30H,2-4,19-20H2/t5-,6-,7-,8-,9-,10-,11+,12-,13+,14-,15-,16-,17+,18-/m1/s1. The Morgan fingerprint density at radius 2 is 1.29 bits per heavy atom. The first-order valence-corrected chi connectivity index (χ1v) is 10.5. The van der Waals surface area contributed by atoms with Gasteiger partial charge < -0.3 is 81.2 Å². The Hall–Kier alpha value is -0.930. The third kappa shape index (κ3) is 6.25. The fourth-order valence-electron chi connectivity index (χ4n) is 3.67. The molecule has 0 aromatic carbocycles. The molecule has 0 aromatic rings. The monoisotopic (exact) mass is 502 g/mol. The highest BCUT2D eigenvalue weighted by molar-refractivity contribution is 5.58. The van der Waals surface area contributed by atoms with Crippen molar-refractivity contribution in [3.05, 3.63) is 0 Å². The Kier molecular flexibility index (Phi) is 11.1. The molecule has 16 heteroatoms. The summed E-state index contributed by atoms with van der Waals surface area (Å²) in [7, 11) is 0. The number of nitrogens with two attached hydrogens (primary N) is 2. The number of aliphatic hydroxyl groups is 9. The van der Waals surface area contributed by atoms with Crippen LogP contribution in [0, 0.1) is 0 Å². The van der Waals surface area contributed by atoms with E-state index in [0.717, 1.165) is 0 Å². The van der Waals surface area contributed by atoms with E-state index in [-0.39, 0.29) is 6.29 Å². The van der Waals surface area contributed by atoms with E-state index >= 15 is 0 Å². The summed E-state index contributed by atoms with van der Waals surface area (Å²) in [6.07, 6.45) is -19.8. The zero-order chi connectivity index (χ0) is 25.7. The van der Waals surface area contributed by atoms with E-state index in [9.17, 15) is 50.8 Å². The molecule has 200 valence electrons. The van der Waals surface area contributed by atoms with Crippen molar-refractivity contribution >= 4 is 6.29 Å². The first kappa shape index (κ1) is 29.3. The smallest absolute Gasteiger partial charge is 0.187 e. The molecular weight excluding hydrogens is 468 g/mol. The zero-order valence-electron chi connectivity index (χ0n) is 18.0. The van der Waals surface area contributed by atoms with Crippen molar-refractivity contribution in [2.24, 2.45) is 11.5 Å². The van der Waals surface area contributed by atoms with Crippen molar-refractivity contribution in [1.29, 1.82) is 0 Å².